The summed E-state index contributed by atoms with van der Waals surface area (Å²) >= 11 is 0. The molecule has 3 atom stereocenters. The number of hydrogen-bond acceptors (Lipinski definition) is 5. The summed E-state index contributed by atoms with van der Waals surface area (Å²) in [6.45, 7) is 9.76. The number of nitrogens with zero attached hydrogens (tertiary/aromatic N) is 1. The molecular formula is C22H33NO4. The Morgan fingerprint density at radius 1 is 1.37 bits per heavy atom. The Kier molecular flexibility index (Phi) is 9.45. The largest absolute Gasteiger partial charge is 0.462 e. The maximum atomic E-state index is 12.5. The molecule has 1 aliphatic rings. The Labute approximate surface area is 163 Å². The number of allylic oxidation sites excluding steroid dienone is 2. The molecule has 0 aromatic heterocycles. The van der Waals surface area contributed by atoms with Crippen LogP contribution in [0.5, 0.6) is 0 Å². The molecule has 0 N–H and O–H groups in total. The molecular weight excluding hydrogens is 342 g/mol. The lowest BCUT2D eigenvalue weighted by atomic mass is 9.88. The summed E-state index contributed by atoms with van der Waals surface area (Å²) in [6, 6.07) is 2.01. The van der Waals surface area contributed by atoms with Crippen LogP contribution in [0.15, 0.2) is 23.3 Å². The maximum Gasteiger partial charge on any atom is 0.302 e. The second-order valence-electron chi connectivity index (χ2n) is 7.91. The van der Waals surface area contributed by atoms with Gasteiger partial charge in [0, 0.05) is 25.8 Å². The lowest BCUT2D eigenvalue weighted by Crippen LogP contribution is -2.37. The SMILES string of the molecule is CC(=O)OC(CC=C(C)C)C(C)CCC[C@]1(C)OC/C(=C/C#N)CCC1=O. The first kappa shape index (κ1) is 23.1. The number of ether oxygens (including phenoxy) is 2. The van der Waals surface area contributed by atoms with Gasteiger partial charge in [-0.05, 0) is 57.9 Å². The number of carbonyl (C=O) groups is 2. The molecule has 1 fully saturated rings. The summed E-state index contributed by atoms with van der Waals surface area (Å²) in [5, 5.41) is 8.79. The van der Waals surface area contributed by atoms with Crippen molar-refractivity contribution in [3.63, 3.8) is 0 Å². The van der Waals surface area contributed by atoms with Crippen LogP contribution in [0.25, 0.3) is 0 Å². The first-order valence-electron chi connectivity index (χ1n) is 9.73. The molecule has 1 aliphatic heterocycles. The minimum absolute atomic E-state index is 0.0950. The Balaban J connectivity index is 2.63. The van der Waals surface area contributed by atoms with Gasteiger partial charge in [0.05, 0.1) is 12.7 Å². The molecule has 0 aromatic rings. The van der Waals surface area contributed by atoms with Crippen LogP contribution in [0.4, 0.5) is 0 Å². The molecule has 0 amide bonds. The topological polar surface area (TPSA) is 76.4 Å². The second kappa shape index (κ2) is 11.0. The maximum absolute atomic E-state index is 12.5. The summed E-state index contributed by atoms with van der Waals surface area (Å²) in [5.74, 6) is 0.0284. The third-order valence-corrected chi connectivity index (χ3v) is 5.13. The minimum atomic E-state index is -0.804. The number of Topliss-reactive ketones (excluding diaryl/α,β-unsaturated/α-hetero) is 1. The molecule has 5 nitrogen and oxygen atoms in total. The predicted octanol–water partition coefficient (Wildman–Crippen LogP) is 4.67. The summed E-state index contributed by atoms with van der Waals surface area (Å²) in [7, 11) is 0. The highest BCUT2D eigenvalue weighted by Crippen LogP contribution is 2.29. The molecule has 150 valence electrons. The molecule has 2 unspecified atom stereocenters. The molecule has 0 bridgehead atoms. The lowest BCUT2D eigenvalue weighted by Gasteiger charge is -2.28. The van der Waals surface area contributed by atoms with Gasteiger partial charge in [-0.15, -0.1) is 0 Å². The molecule has 0 radical (unpaired) electrons. The molecule has 27 heavy (non-hydrogen) atoms. The van der Waals surface area contributed by atoms with E-state index in [1.807, 2.05) is 26.8 Å². The van der Waals surface area contributed by atoms with Gasteiger partial charge in [-0.25, -0.2) is 0 Å². The van der Waals surface area contributed by atoms with Crippen LogP contribution in [0.1, 0.15) is 73.1 Å². The highest BCUT2D eigenvalue weighted by Gasteiger charge is 2.35. The van der Waals surface area contributed by atoms with Crippen LogP contribution in [0.2, 0.25) is 0 Å². The average molecular weight is 376 g/mol. The number of nitriles is 1. The van der Waals surface area contributed by atoms with Crippen LogP contribution in [0, 0.1) is 17.2 Å². The summed E-state index contributed by atoms with van der Waals surface area (Å²) in [5.41, 5.74) is 1.27. The standard InChI is InChI=1S/C22H33NO4/c1-16(2)8-10-20(27-18(4)24)17(3)7-6-13-22(5)21(25)11-9-19(12-14-23)15-26-22/h8,12,17,20H,6-7,9-11,13,15H2,1-5H3/b19-12+/t17?,20?,22-/m0/s1. The van der Waals surface area contributed by atoms with Crippen LogP contribution in [-0.2, 0) is 19.1 Å². The van der Waals surface area contributed by atoms with E-state index >= 15 is 0 Å². The van der Waals surface area contributed by atoms with Gasteiger partial charge in [-0.1, -0.05) is 18.6 Å². The fourth-order valence-corrected chi connectivity index (χ4v) is 3.27. The van der Waals surface area contributed by atoms with Gasteiger partial charge >= 0.3 is 5.97 Å². The van der Waals surface area contributed by atoms with Crippen LogP contribution < -0.4 is 0 Å². The van der Waals surface area contributed by atoms with Crippen LogP contribution in [-0.4, -0.2) is 30.1 Å². The Morgan fingerprint density at radius 2 is 2.07 bits per heavy atom. The summed E-state index contributed by atoms with van der Waals surface area (Å²) < 4.78 is 11.4. The number of hydrogen-bond donors (Lipinski definition) is 0. The van der Waals surface area contributed by atoms with Crippen molar-refractivity contribution in [2.75, 3.05) is 6.61 Å². The second-order valence-corrected chi connectivity index (χ2v) is 7.91. The first-order chi connectivity index (χ1) is 12.7. The van der Waals surface area contributed by atoms with E-state index < -0.39 is 5.60 Å². The number of rotatable bonds is 8. The fraction of sp³-hybridized carbons (Fsp3) is 0.682. The van der Waals surface area contributed by atoms with Crippen molar-refractivity contribution in [1.82, 2.24) is 0 Å². The number of carbonyl (C=O) groups excluding carboxylic acids is 2. The van der Waals surface area contributed by atoms with Gasteiger partial charge in [0.25, 0.3) is 0 Å². The molecule has 0 spiro atoms. The molecule has 0 aliphatic carbocycles. The Hall–Kier alpha value is -1.93. The van der Waals surface area contributed by atoms with E-state index in [4.69, 9.17) is 14.7 Å². The van der Waals surface area contributed by atoms with Gasteiger partial charge in [0.2, 0.25) is 0 Å². The van der Waals surface area contributed by atoms with Crippen molar-refractivity contribution >= 4 is 11.8 Å². The van der Waals surface area contributed by atoms with Gasteiger partial charge in [0.1, 0.15) is 11.7 Å². The molecule has 5 heteroatoms. The lowest BCUT2D eigenvalue weighted by molar-refractivity contribution is -0.148. The van der Waals surface area contributed by atoms with E-state index in [0.717, 1.165) is 18.4 Å². The van der Waals surface area contributed by atoms with Crippen molar-refractivity contribution in [2.24, 2.45) is 5.92 Å². The van der Waals surface area contributed by atoms with E-state index in [-0.39, 0.29) is 23.8 Å². The fourth-order valence-electron chi connectivity index (χ4n) is 3.27. The smallest absolute Gasteiger partial charge is 0.302 e. The van der Waals surface area contributed by atoms with Crippen molar-refractivity contribution in [3.8, 4) is 6.07 Å². The van der Waals surface area contributed by atoms with Gasteiger partial charge in [-0.3, -0.25) is 9.59 Å². The normalized spacial score (nSPS) is 23.9. The predicted molar refractivity (Wildman–Crippen MR) is 105 cm³/mol. The van der Waals surface area contributed by atoms with E-state index in [2.05, 4.69) is 13.0 Å². The Morgan fingerprint density at radius 3 is 2.67 bits per heavy atom. The Bertz CT molecular complexity index is 625. The highest BCUT2D eigenvalue weighted by atomic mass is 16.5. The van der Waals surface area contributed by atoms with Crippen molar-refractivity contribution in [2.45, 2.75) is 84.8 Å². The highest BCUT2D eigenvalue weighted by molar-refractivity contribution is 5.87. The van der Waals surface area contributed by atoms with Crippen molar-refractivity contribution in [3.05, 3.63) is 23.3 Å². The van der Waals surface area contributed by atoms with Gasteiger partial charge < -0.3 is 9.47 Å². The quantitative estimate of drug-likeness (QED) is 0.350. The van der Waals surface area contributed by atoms with Gasteiger partial charge in [-0.2, -0.15) is 5.26 Å². The third-order valence-electron chi connectivity index (χ3n) is 5.13. The molecule has 1 heterocycles. The van der Waals surface area contributed by atoms with Gasteiger partial charge in [0.15, 0.2) is 5.78 Å². The van der Waals surface area contributed by atoms with Crippen LogP contribution >= 0.6 is 0 Å². The third kappa shape index (κ3) is 8.09. The monoisotopic (exact) mass is 375 g/mol. The van der Waals surface area contributed by atoms with Crippen LogP contribution in [0.3, 0.4) is 0 Å². The molecule has 0 saturated carbocycles. The number of ketones is 1. The zero-order valence-corrected chi connectivity index (χ0v) is 17.3. The summed E-state index contributed by atoms with van der Waals surface area (Å²) in [6.07, 6.45) is 7.42. The zero-order chi connectivity index (χ0) is 20.4. The zero-order valence-electron chi connectivity index (χ0n) is 17.3. The molecule has 1 rings (SSSR count). The average Bonchev–Trinajstić information content (AvgIpc) is 2.72. The molecule has 0 aromatic carbocycles. The summed E-state index contributed by atoms with van der Waals surface area (Å²) in [4.78, 5) is 23.9. The molecule has 1 saturated heterocycles. The van der Waals surface area contributed by atoms with Crippen molar-refractivity contribution < 1.29 is 19.1 Å². The minimum Gasteiger partial charge on any atom is -0.462 e. The van der Waals surface area contributed by atoms with E-state index in [9.17, 15) is 9.59 Å². The van der Waals surface area contributed by atoms with E-state index in [1.165, 1.54) is 18.6 Å². The van der Waals surface area contributed by atoms with Crippen molar-refractivity contribution in [1.29, 1.82) is 5.26 Å². The number of esters is 1. The van der Waals surface area contributed by atoms with E-state index in [1.54, 1.807) is 0 Å². The van der Waals surface area contributed by atoms with E-state index in [0.29, 0.717) is 32.3 Å². The first-order valence-corrected chi connectivity index (χ1v) is 9.73.